The second-order valence-electron chi connectivity index (χ2n) is 3.09. The molecule has 1 rings (SSSR count). The van der Waals surface area contributed by atoms with Crippen molar-refractivity contribution in [1.29, 1.82) is 0 Å². The van der Waals surface area contributed by atoms with Crippen LogP contribution in [0.2, 0.25) is 0 Å². The lowest BCUT2D eigenvalue weighted by molar-refractivity contribution is -0.119. The van der Waals surface area contributed by atoms with Crippen LogP contribution < -0.4 is 11.1 Å². The van der Waals surface area contributed by atoms with Gasteiger partial charge in [0.15, 0.2) is 0 Å². The Morgan fingerprint density at radius 1 is 1.79 bits per heavy atom. The van der Waals surface area contributed by atoms with Gasteiger partial charge in [-0.3, -0.25) is 4.79 Å². The van der Waals surface area contributed by atoms with E-state index >= 15 is 0 Å². The molecule has 0 fully saturated rings. The van der Waals surface area contributed by atoms with Gasteiger partial charge >= 0.3 is 0 Å². The third-order valence-electron chi connectivity index (χ3n) is 1.92. The number of hydrogen-bond donors (Lipinski definition) is 2. The zero-order valence-electron chi connectivity index (χ0n) is 8.41. The number of nitrogens with two attached hydrogens (primary N) is 1. The van der Waals surface area contributed by atoms with Crippen LogP contribution in [0.3, 0.4) is 0 Å². The lowest BCUT2D eigenvalue weighted by Gasteiger charge is -2.07. The Morgan fingerprint density at radius 2 is 2.50 bits per heavy atom. The summed E-state index contributed by atoms with van der Waals surface area (Å²) in [7, 11) is 0. The van der Waals surface area contributed by atoms with Crippen LogP contribution in [0.15, 0.2) is 5.38 Å². The number of rotatable bonds is 5. The molecule has 0 aliphatic heterocycles. The zero-order chi connectivity index (χ0) is 10.6. The van der Waals surface area contributed by atoms with Gasteiger partial charge in [0.2, 0.25) is 5.91 Å². The molecule has 0 radical (unpaired) electrons. The normalized spacial score (nSPS) is 12.7. The minimum Gasteiger partial charge on any atom is -0.368 e. The first-order chi connectivity index (χ1) is 6.63. The van der Waals surface area contributed by atoms with Crippen LogP contribution in [0.1, 0.15) is 24.5 Å². The van der Waals surface area contributed by atoms with Crippen molar-refractivity contribution < 1.29 is 4.79 Å². The van der Waals surface area contributed by atoms with Gasteiger partial charge in [0.1, 0.15) is 0 Å². The summed E-state index contributed by atoms with van der Waals surface area (Å²) in [6, 6.07) is -0.304. The van der Waals surface area contributed by atoms with E-state index in [0.717, 1.165) is 17.1 Å². The van der Waals surface area contributed by atoms with Crippen molar-refractivity contribution in [3.63, 3.8) is 0 Å². The van der Waals surface area contributed by atoms with Crippen LogP contribution in [0.5, 0.6) is 0 Å². The van der Waals surface area contributed by atoms with Crippen molar-refractivity contribution in [2.45, 2.75) is 32.9 Å². The standard InChI is InChI=1S/C9H15N3OS/c1-3-8-12-7(5-14-8)4-11-6(2)9(10)13/h5-6,11H,3-4H2,1-2H3,(H2,10,13). The number of thiazole rings is 1. The van der Waals surface area contributed by atoms with E-state index in [1.807, 2.05) is 5.38 Å². The lowest BCUT2D eigenvalue weighted by Crippen LogP contribution is -2.38. The summed E-state index contributed by atoms with van der Waals surface area (Å²) in [5.41, 5.74) is 6.08. The molecule has 1 heterocycles. The first kappa shape index (κ1) is 11.1. The largest absolute Gasteiger partial charge is 0.368 e. The Bertz CT molecular complexity index is 311. The maximum atomic E-state index is 10.7. The van der Waals surface area contributed by atoms with Gasteiger partial charge < -0.3 is 11.1 Å². The van der Waals surface area contributed by atoms with Crippen molar-refractivity contribution >= 4 is 17.2 Å². The molecule has 1 amide bonds. The number of hydrogen-bond acceptors (Lipinski definition) is 4. The molecule has 0 aromatic carbocycles. The quantitative estimate of drug-likeness (QED) is 0.755. The van der Waals surface area contributed by atoms with Gasteiger partial charge in [0.25, 0.3) is 0 Å². The summed E-state index contributed by atoms with van der Waals surface area (Å²) >= 11 is 1.64. The number of primary amides is 1. The molecule has 1 unspecified atom stereocenters. The van der Waals surface area contributed by atoms with Gasteiger partial charge in [-0.05, 0) is 13.3 Å². The Hall–Kier alpha value is -0.940. The Kier molecular flexibility index (Phi) is 4.03. The summed E-state index contributed by atoms with van der Waals surface area (Å²) in [6.45, 7) is 4.41. The predicted molar refractivity (Wildman–Crippen MR) is 57.0 cm³/mol. The van der Waals surface area contributed by atoms with Gasteiger partial charge in [-0.2, -0.15) is 0 Å². The molecule has 1 aromatic heterocycles. The summed E-state index contributed by atoms with van der Waals surface area (Å²) < 4.78 is 0. The summed E-state index contributed by atoms with van der Waals surface area (Å²) in [5.74, 6) is -0.337. The summed E-state index contributed by atoms with van der Waals surface area (Å²) in [6.07, 6.45) is 0.954. The fourth-order valence-corrected chi connectivity index (χ4v) is 1.70. The van der Waals surface area contributed by atoms with E-state index in [0.29, 0.717) is 6.54 Å². The van der Waals surface area contributed by atoms with Crippen LogP contribution in [0, 0.1) is 0 Å². The molecule has 1 aromatic rings. The third kappa shape index (κ3) is 3.08. The summed E-state index contributed by atoms with van der Waals surface area (Å²) in [4.78, 5) is 15.1. The monoisotopic (exact) mass is 213 g/mol. The summed E-state index contributed by atoms with van der Waals surface area (Å²) in [5, 5.41) is 6.12. The fourth-order valence-electron chi connectivity index (χ4n) is 0.951. The molecule has 4 nitrogen and oxygen atoms in total. The first-order valence-corrected chi connectivity index (χ1v) is 5.47. The minimum absolute atomic E-state index is 0.304. The van der Waals surface area contributed by atoms with Crippen LogP contribution in [0.25, 0.3) is 0 Å². The number of aromatic nitrogens is 1. The molecule has 5 heteroatoms. The van der Waals surface area contributed by atoms with E-state index < -0.39 is 0 Å². The molecule has 78 valence electrons. The highest BCUT2D eigenvalue weighted by molar-refractivity contribution is 7.09. The van der Waals surface area contributed by atoms with Crippen molar-refractivity contribution in [2.24, 2.45) is 5.73 Å². The highest BCUT2D eigenvalue weighted by Crippen LogP contribution is 2.09. The maximum absolute atomic E-state index is 10.7. The number of nitrogens with zero attached hydrogens (tertiary/aromatic N) is 1. The van der Waals surface area contributed by atoms with E-state index in [-0.39, 0.29) is 11.9 Å². The molecule has 0 aliphatic rings. The maximum Gasteiger partial charge on any atom is 0.234 e. The Balaban J connectivity index is 2.41. The molecular weight excluding hydrogens is 198 g/mol. The molecule has 0 spiro atoms. The van der Waals surface area contributed by atoms with Crippen molar-refractivity contribution in [1.82, 2.24) is 10.3 Å². The highest BCUT2D eigenvalue weighted by atomic mass is 32.1. The molecular formula is C9H15N3OS. The highest BCUT2D eigenvalue weighted by Gasteiger charge is 2.08. The van der Waals surface area contributed by atoms with Crippen LogP contribution in [-0.4, -0.2) is 16.9 Å². The lowest BCUT2D eigenvalue weighted by atomic mass is 10.3. The Morgan fingerprint density at radius 3 is 3.00 bits per heavy atom. The van der Waals surface area contributed by atoms with E-state index in [1.54, 1.807) is 18.3 Å². The number of aryl methyl sites for hydroxylation is 1. The van der Waals surface area contributed by atoms with Gasteiger partial charge in [-0.1, -0.05) is 6.92 Å². The smallest absolute Gasteiger partial charge is 0.234 e. The predicted octanol–water partition coefficient (Wildman–Crippen LogP) is 0.669. The van der Waals surface area contributed by atoms with E-state index in [4.69, 9.17) is 5.73 Å². The second kappa shape index (κ2) is 5.07. The minimum atomic E-state index is -0.337. The van der Waals surface area contributed by atoms with Crippen LogP contribution >= 0.6 is 11.3 Å². The molecule has 0 saturated heterocycles. The van der Waals surface area contributed by atoms with E-state index in [9.17, 15) is 4.79 Å². The molecule has 3 N–H and O–H groups in total. The van der Waals surface area contributed by atoms with E-state index in [1.165, 1.54) is 0 Å². The molecule has 0 aliphatic carbocycles. The molecule has 0 saturated carbocycles. The van der Waals surface area contributed by atoms with Crippen LogP contribution in [-0.2, 0) is 17.8 Å². The first-order valence-electron chi connectivity index (χ1n) is 4.59. The molecule has 14 heavy (non-hydrogen) atoms. The van der Waals surface area contributed by atoms with Gasteiger partial charge in [0, 0.05) is 11.9 Å². The second-order valence-corrected chi connectivity index (χ2v) is 4.03. The average Bonchev–Trinajstić information content (AvgIpc) is 2.61. The average molecular weight is 213 g/mol. The number of carbonyl (C=O) groups excluding carboxylic acids is 1. The number of carbonyl (C=O) groups is 1. The zero-order valence-corrected chi connectivity index (χ0v) is 9.23. The number of nitrogens with one attached hydrogen (secondary N) is 1. The van der Waals surface area contributed by atoms with Gasteiger partial charge in [-0.25, -0.2) is 4.98 Å². The van der Waals surface area contributed by atoms with Crippen molar-refractivity contribution in [2.75, 3.05) is 0 Å². The van der Waals surface area contributed by atoms with Crippen LogP contribution in [0.4, 0.5) is 0 Å². The SMILES string of the molecule is CCc1nc(CNC(C)C(N)=O)cs1. The fraction of sp³-hybridized carbons (Fsp3) is 0.556. The third-order valence-corrected chi connectivity index (χ3v) is 2.96. The molecule has 1 atom stereocenters. The van der Waals surface area contributed by atoms with Gasteiger partial charge in [-0.15, -0.1) is 11.3 Å². The van der Waals surface area contributed by atoms with Crippen molar-refractivity contribution in [3.8, 4) is 0 Å². The van der Waals surface area contributed by atoms with E-state index in [2.05, 4.69) is 17.2 Å². The van der Waals surface area contributed by atoms with Gasteiger partial charge in [0.05, 0.1) is 16.7 Å². The van der Waals surface area contributed by atoms with Crippen molar-refractivity contribution in [3.05, 3.63) is 16.1 Å². The topological polar surface area (TPSA) is 68.0 Å². The molecule has 0 bridgehead atoms. The number of amides is 1. The Labute approximate surface area is 87.5 Å².